The molecule has 10 rings (SSSR count). The van der Waals surface area contributed by atoms with E-state index in [1.54, 1.807) is 66.5 Å². The van der Waals surface area contributed by atoms with Crippen LogP contribution in [-0.4, -0.2) is 40.1 Å². The van der Waals surface area contributed by atoms with Crippen molar-refractivity contribution in [1.82, 2.24) is 38.9 Å². The van der Waals surface area contributed by atoms with Crippen LogP contribution in [-0.2, 0) is 48.9 Å². The molecule has 6 aromatic carbocycles. The maximum Gasteiger partial charge on any atom is 0.251 e. The van der Waals surface area contributed by atoms with E-state index in [2.05, 4.69) is 32.7 Å². The van der Waals surface area contributed by atoms with E-state index in [1.807, 2.05) is 187 Å². The second kappa shape index (κ2) is 21.9. The summed E-state index contributed by atoms with van der Waals surface area (Å²) in [5.74, 6) is -0.262. The Morgan fingerprint density at radius 1 is 0.463 bits per heavy atom. The zero-order valence-corrected chi connectivity index (χ0v) is 48.9. The number of nitrogens with one attached hydrogen (secondary N) is 2. The molecule has 4 heterocycles. The van der Waals surface area contributed by atoms with Crippen LogP contribution in [0.15, 0.2) is 180 Å². The molecule has 408 valence electrons. The molecular formula is C65H63Cl3N8O4. The fourth-order valence-electron chi connectivity index (χ4n) is 10.2. The first-order valence-electron chi connectivity index (χ1n) is 26.1. The van der Waals surface area contributed by atoms with Crippen molar-refractivity contribution in [3.05, 3.63) is 246 Å². The lowest BCUT2D eigenvalue weighted by molar-refractivity contribution is -0.130. The molecule has 15 heteroatoms. The Morgan fingerprint density at radius 3 is 1.21 bits per heavy atom. The molecule has 1 unspecified atom stereocenters. The van der Waals surface area contributed by atoms with E-state index in [0.717, 1.165) is 83.3 Å². The van der Waals surface area contributed by atoms with Crippen molar-refractivity contribution in [3.63, 3.8) is 0 Å². The van der Waals surface area contributed by atoms with Gasteiger partial charge in [0, 0.05) is 77.0 Å². The Kier molecular flexibility index (Phi) is 15.5. The van der Waals surface area contributed by atoms with E-state index < -0.39 is 21.9 Å². The molecule has 80 heavy (non-hydrogen) atoms. The highest BCUT2D eigenvalue weighted by atomic mass is 35.5. The third-order valence-corrected chi connectivity index (χ3v) is 15.5. The molecule has 0 fully saturated rings. The molecule has 0 saturated heterocycles. The first kappa shape index (κ1) is 56.7. The summed E-state index contributed by atoms with van der Waals surface area (Å²) >= 11 is 19.0. The van der Waals surface area contributed by atoms with Gasteiger partial charge in [-0.15, -0.1) is 0 Å². The number of nitrogens with zero attached hydrogens (tertiary/aromatic N) is 6. The number of hydrogen-bond donors (Lipinski definition) is 2. The van der Waals surface area contributed by atoms with Crippen LogP contribution in [0.25, 0.3) is 44.1 Å². The third-order valence-electron chi connectivity index (χ3n) is 14.7. The molecular weight excluding hydrogens is 1060 g/mol. The number of rotatable bonds is 10. The van der Waals surface area contributed by atoms with E-state index in [0.29, 0.717) is 15.1 Å². The lowest BCUT2D eigenvalue weighted by Crippen LogP contribution is -2.52. The average molecular weight is 1130 g/mol. The normalized spacial score (nSPS) is 13.3. The minimum atomic E-state index is -1.13. The Balaban J connectivity index is 0.000000194. The van der Waals surface area contributed by atoms with Gasteiger partial charge >= 0.3 is 0 Å². The number of imidazole rings is 2. The predicted octanol–water partition coefficient (Wildman–Crippen LogP) is 13.1. The minimum Gasteiger partial charge on any atom is -0.337 e. The molecule has 12 nitrogen and oxygen atoms in total. The highest BCUT2D eigenvalue weighted by Crippen LogP contribution is 2.43. The summed E-state index contributed by atoms with van der Waals surface area (Å²) in [7, 11) is 7.35. The molecule has 0 aliphatic carbocycles. The van der Waals surface area contributed by atoms with Gasteiger partial charge in [0.25, 0.3) is 11.1 Å². The number of pyridine rings is 2. The van der Waals surface area contributed by atoms with Crippen LogP contribution in [0.5, 0.6) is 0 Å². The van der Waals surface area contributed by atoms with Crippen molar-refractivity contribution >= 4 is 68.4 Å². The number of amides is 2. The van der Waals surface area contributed by atoms with Crippen molar-refractivity contribution in [2.45, 2.75) is 59.5 Å². The van der Waals surface area contributed by atoms with Crippen molar-refractivity contribution in [1.29, 1.82) is 0 Å². The molecule has 2 amide bonds. The van der Waals surface area contributed by atoms with Crippen molar-refractivity contribution in [2.75, 3.05) is 0 Å². The minimum absolute atomic E-state index is 0.0895. The van der Waals surface area contributed by atoms with Crippen LogP contribution in [0.2, 0.25) is 15.1 Å². The molecule has 0 radical (unpaired) electrons. The van der Waals surface area contributed by atoms with E-state index >= 15 is 0 Å². The Morgan fingerprint density at radius 2 is 0.850 bits per heavy atom. The lowest BCUT2D eigenvalue weighted by Gasteiger charge is -2.38. The van der Waals surface area contributed by atoms with Crippen LogP contribution in [0.4, 0.5) is 0 Å². The van der Waals surface area contributed by atoms with Crippen LogP contribution in [0.3, 0.4) is 0 Å². The highest BCUT2D eigenvalue weighted by molar-refractivity contribution is 6.31. The van der Waals surface area contributed by atoms with Crippen LogP contribution in [0.1, 0.15) is 80.7 Å². The topological polar surface area (TPSA) is 138 Å². The van der Waals surface area contributed by atoms with Gasteiger partial charge in [-0.05, 0) is 112 Å². The smallest absolute Gasteiger partial charge is 0.251 e. The Hall–Kier alpha value is -8.03. The van der Waals surface area contributed by atoms with Gasteiger partial charge in [0.2, 0.25) is 11.8 Å². The number of carbonyl (C=O) groups is 2. The second-order valence-electron chi connectivity index (χ2n) is 22.5. The summed E-state index contributed by atoms with van der Waals surface area (Å²) in [4.78, 5) is 62.4. The van der Waals surface area contributed by atoms with E-state index in [4.69, 9.17) is 34.8 Å². The molecule has 0 bridgehead atoms. The number of benzene rings is 6. The molecule has 2 atom stereocenters. The van der Waals surface area contributed by atoms with Gasteiger partial charge in [-0.25, -0.2) is 9.97 Å². The summed E-state index contributed by atoms with van der Waals surface area (Å²) in [6.45, 7) is 13.4. The predicted molar refractivity (Wildman–Crippen MR) is 323 cm³/mol. The SMILES string of the molecule is Cc1cccc(-c2cc(=O)n(C)c3ccc([C@](NC(=O)C(C)(C)C)(c4ccc(Cl)cc4)c4cncn4C)cc23)c1.Cn1cncc1C(NC(=O)C(C)(C)C)(c1ccc(Cl)cc1)c1ccc2c(c1)c(-c1cccc(Cl)c1)cc(=O)n2C. The lowest BCUT2D eigenvalue weighted by atomic mass is 9.78. The van der Waals surface area contributed by atoms with Crippen molar-refractivity contribution in [2.24, 2.45) is 39.0 Å². The number of aromatic nitrogens is 6. The summed E-state index contributed by atoms with van der Waals surface area (Å²) in [5, 5.41) is 10.3. The second-order valence-corrected chi connectivity index (χ2v) is 23.8. The fourth-order valence-corrected chi connectivity index (χ4v) is 10.7. The van der Waals surface area contributed by atoms with Gasteiger partial charge in [0.05, 0.1) is 47.5 Å². The van der Waals surface area contributed by atoms with Gasteiger partial charge in [-0.3, -0.25) is 19.2 Å². The van der Waals surface area contributed by atoms with Gasteiger partial charge in [0.15, 0.2) is 0 Å². The number of hydrogen-bond acceptors (Lipinski definition) is 6. The number of halogens is 3. The van der Waals surface area contributed by atoms with E-state index in [9.17, 15) is 19.2 Å². The molecule has 10 aromatic rings. The number of carbonyl (C=O) groups excluding carboxylic acids is 2. The van der Waals surface area contributed by atoms with Crippen molar-refractivity contribution < 1.29 is 9.59 Å². The molecule has 4 aromatic heterocycles. The first-order chi connectivity index (χ1) is 37.8. The third kappa shape index (κ3) is 10.7. The largest absolute Gasteiger partial charge is 0.337 e. The van der Waals surface area contributed by atoms with Crippen LogP contribution >= 0.6 is 34.8 Å². The summed E-state index contributed by atoms with van der Waals surface area (Å²) in [6, 6.07) is 45.8. The van der Waals surface area contributed by atoms with Crippen LogP contribution < -0.4 is 21.8 Å². The molecule has 0 saturated carbocycles. The Bertz CT molecular complexity index is 3860. The van der Waals surface area contributed by atoms with E-state index in [1.165, 1.54) is 0 Å². The van der Waals surface area contributed by atoms with Crippen molar-refractivity contribution in [3.8, 4) is 22.3 Å². The van der Waals surface area contributed by atoms with Crippen LogP contribution in [0, 0.1) is 17.8 Å². The summed E-state index contributed by atoms with van der Waals surface area (Å²) < 4.78 is 7.10. The maximum atomic E-state index is 13.8. The van der Waals surface area contributed by atoms with Gasteiger partial charge in [-0.1, -0.05) is 155 Å². The van der Waals surface area contributed by atoms with E-state index in [-0.39, 0.29) is 22.9 Å². The first-order valence-corrected chi connectivity index (χ1v) is 27.2. The maximum absolute atomic E-state index is 13.8. The van der Waals surface area contributed by atoms with Gasteiger partial charge in [0.1, 0.15) is 11.1 Å². The monoisotopic (exact) mass is 1120 g/mol. The van der Waals surface area contributed by atoms with Gasteiger partial charge < -0.3 is 28.9 Å². The number of aryl methyl sites for hydroxylation is 5. The standard InChI is InChI=1S/C33H33ClN4O2.C32H30Cl2N4O2/c1-21-8-7-9-22(16-21)26-18-30(39)38(6)28-15-12-24(17-27(26)28)33(29-19-35-20-37(29)5,36-31(40)32(2,3)4)23-10-13-25(34)14-11-23;1-31(2,3)30(40)36-32(28-18-35-19-37(28)4,21-9-12-23(33)13-10-21)22-11-14-27-26(16-22)25(17-29(39)38(27)5)20-7-6-8-24(34)15-20/h7-20H,1-6H3,(H,36,40);6-19H,1-5H3,(H,36,40)/t33-;/m1./s1. The molecule has 0 spiro atoms. The molecule has 2 N–H and O–H groups in total. The molecule has 0 aliphatic heterocycles. The highest BCUT2D eigenvalue weighted by Gasteiger charge is 2.44. The summed E-state index contributed by atoms with van der Waals surface area (Å²) in [6.07, 6.45) is 6.99. The fraction of sp³-hybridized carbons (Fsp3) is 0.231. The van der Waals surface area contributed by atoms with Gasteiger partial charge in [-0.2, -0.15) is 0 Å². The number of fused-ring (bicyclic) bond motifs is 2. The zero-order valence-electron chi connectivity index (χ0n) is 46.6. The summed E-state index contributed by atoms with van der Waals surface area (Å²) in [5.41, 5.74) is 7.04. The average Bonchev–Trinajstić information content (AvgIpc) is 4.19. The quantitative estimate of drug-likeness (QED) is 0.140. The Labute approximate surface area is 480 Å². The zero-order chi connectivity index (χ0) is 57.6. The molecule has 0 aliphatic rings.